The van der Waals surface area contributed by atoms with Gasteiger partial charge in [-0.2, -0.15) is 5.06 Å². The Bertz CT molecular complexity index is 458. The van der Waals surface area contributed by atoms with E-state index in [2.05, 4.69) is 14.9 Å². The van der Waals surface area contributed by atoms with Gasteiger partial charge in [-0.1, -0.05) is 0 Å². The molecule has 1 saturated heterocycles. The molecule has 1 aromatic heterocycles. The lowest BCUT2D eigenvalue weighted by molar-refractivity contribution is -0.143. The molecular weight excluding hydrogens is 272 g/mol. The van der Waals surface area contributed by atoms with Crippen LogP contribution >= 0.6 is 0 Å². The predicted octanol–water partition coefficient (Wildman–Crippen LogP) is 1.12. The highest BCUT2D eigenvalue weighted by atomic mass is 16.7. The number of hydroxylamine groups is 2. The van der Waals surface area contributed by atoms with E-state index >= 15 is 0 Å². The van der Waals surface area contributed by atoms with E-state index in [1.807, 2.05) is 12.1 Å². The summed E-state index contributed by atoms with van der Waals surface area (Å²) < 4.78 is 4.89. The maximum atomic E-state index is 11.5. The van der Waals surface area contributed by atoms with Gasteiger partial charge in [0, 0.05) is 26.2 Å². The number of carbonyl (C=O) groups is 1. The van der Waals surface area contributed by atoms with E-state index in [0.717, 1.165) is 31.7 Å². The molecule has 0 unspecified atom stereocenters. The number of anilines is 1. The number of piperidine rings is 1. The molecule has 0 saturated carbocycles. The van der Waals surface area contributed by atoms with Crippen LogP contribution in [0.2, 0.25) is 0 Å². The molecule has 1 fully saturated rings. The molecule has 7 nitrogen and oxygen atoms in total. The zero-order chi connectivity index (χ0) is 15.2. The van der Waals surface area contributed by atoms with Crippen molar-refractivity contribution in [2.45, 2.75) is 25.8 Å². The van der Waals surface area contributed by atoms with Crippen molar-refractivity contribution < 1.29 is 14.4 Å². The maximum Gasteiger partial charge on any atom is 0.358 e. The highest BCUT2D eigenvalue weighted by Crippen LogP contribution is 2.19. The third kappa shape index (κ3) is 3.89. The fraction of sp³-hybridized carbons (Fsp3) is 0.643. The second-order valence-corrected chi connectivity index (χ2v) is 4.93. The monoisotopic (exact) mass is 294 g/mol. The smallest absolute Gasteiger partial charge is 0.358 e. The van der Waals surface area contributed by atoms with Crippen molar-refractivity contribution in [3.63, 3.8) is 0 Å². The predicted molar refractivity (Wildman–Crippen MR) is 78.0 cm³/mol. The van der Waals surface area contributed by atoms with E-state index < -0.39 is 5.97 Å². The lowest BCUT2D eigenvalue weighted by Crippen LogP contribution is -2.43. The highest BCUT2D eigenvalue weighted by molar-refractivity contribution is 5.86. The van der Waals surface area contributed by atoms with Gasteiger partial charge in [-0.05, 0) is 19.8 Å². The first-order chi connectivity index (χ1) is 10.2. The van der Waals surface area contributed by atoms with Crippen LogP contribution in [-0.4, -0.2) is 60.9 Å². The van der Waals surface area contributed by atoms with E-state index in [1.165, 1.54) is 6.20 Å². The van der Waals surface area contributed by atoms with Crippen LogP contribution < -0.4 is 4.90 Å². The first kappa shape index (κ1) is 15.7. The van der Waals surface area contributed by atoms with Crippen molar-refractivity contribution >= 4 is 11.8 Å². The van der Waals surface area contributed by atoms with Crippen molar-refractivity contribution in [3.05, 3.63) is 18.1 Å². The van der Waals surface area contributed by atoms with Gasteiger partial charge in [0.15, 0.2) is 5.69 Å². The number of aromatic nitrogens is 2. The topological polar surface area (TPSA) is 67.8 Å². The molecule has 0 radical (unpaired) electrons. The van der Waals surface area contributed by atoms with Gasteiger partial charge in [0.1, 0.15) is 5.82 Å². The number of nitrogens with zero attached hydrogens (tertiary/aromatic N) is 4. The summed E-state index contributed by atoms with van der Waals surface area (Å²) in [6.45, 7) is 3.90. The molecule has 0 bridgehead atoms. The summed E-state index contributed by atoms with van der Waals surface area (Å²) in [5, 5.41) is 1.96. The van der Waals surface area contributed by atoms with Gasteiger partial charge < -0.3 is 14.5 Å². The first-order valence-electron chi connectivity index (χ1n) is 7.16. The summed E-state index contributed by atoms with van der Waals surface area (Å²) in [5.74, 6) is 0.325. The van der Waals surface area contributed by atoms with Crippen LogP contribution in [0.4, 0.5) is 5.82 Å². The third-order valence-corrected chi connectivity index (χ3v) is 3.71. The zero-order valence-electron chi connectivity index (χ0n) is 12.8. The fourth-order valence-corrected chi connectivity index (χ4v) is 2.41. The molecule has 7 heteroatoms. The Hall–Kier alpha value is -1.73. The normalized spacial score (nSPS) is 16.7. The molecule has 0 N–H and O–H groups in total. The molecule has 0 atom stereocenters. The molecule has 0 aromatic carbocycles. The first-order valence-corrected chi connectivity index (χ1v) is 7.16. The minimum atomic E-state index is -0.437. The highest BCUT2D eigenvalue weighted by Gasteiger charge is 2.23. The third-order valence-electron chi connectivity index (χ3n) is 3.71. The SMILES string of the molecule is CCOC(=O)c1cnc(N(C)C2CCN(OC)CC2)cn1. The minimum absolute atomic E-state index is 0.239. The van der Waals surface area contributed by atoms with Gasteiger partial charge in [0.05, 0.1) is 26.1 Å². The van der Waals surface area contributed by atoms with Crippen LogP contribution in [0.5, 0.6) is 0 Å². The Balaban J connectivity index is 1.97. The van der Waals surface area contributed by atoms with Crippen molar-refractivity contribution in [1.29, 1.82) is 0 Å². The van der Waals surface area contributed by atoms with Crippen molar-refractivity contribution in [1.82, 2.24) is 15.0 Å². The van der Waals surface area contributed by atoms with Crippen LogP contribution in [0.1, 0.15) is 30.3 Å². The lowest BCUT2D eigenvalue weighted by atomic mass is 10.1. The van der Waals surface area contributed by atoms with Crippen LogP contribution in [-0.2, 0) is 9.57 Å². The van der Waals surface area contributed by atoms with E-state index in [1.54, 1.807) is 20.2 Å². The van der Waals surface area contributed by atoms with E-state index in [-0.39, 0.29) is 5.69 Å². The van der Waals surface area contributed by atoms with Crippen molar-refractivity contribution in [2.75, 3.05) is 38.8 Å². The molecule has 1 aliphatic heterocycles. The lowest BCUT2D eigenvalue weighted by Gasteiger charge is -2.35. The number of rotatable bonds is 5. The van der Waals surface area contributed by atoms with Crippen LogP contribution in [0.3, 0.4) is 0 Å². The number of carbonyl (C=O) groups excluding carboxylic acids is 1. The quantitative estimate of drug-likeness (QED) is 0.754. The summed E-state index contributed by atoms with van der Waals surface area (Å²) in [7, 11) is 3.70. The molecule has 2 heterocycles. The number of hydrogen-bond donors (Lipinski definition) is 0. The molecule has 0 amide bonds. The Morgan fingerprint density at radius 2 is 2.10 bits per heavy atom. The average molecular weight is 294 g/mol. The van der Waals surface area contributed by atoms with Gasteiger partial charge in [0.2, 0.25) is 0 Å². The zero-order valence-corrected chi connectivity index (χ0v) is 12.8. The second kappa shape index (κ2) is 7.33. The Morgan fingerprint density at radius 3 is 2.62 bits per heavy atom. The van der Waals surface area contributed by atoms with Crippen LogP contribution in [0.15, 0.2) is 12.4 Å². The van der Waals surface area contributed by atoms with Gasteiger partial charge in [-0.3, -0.25) is 0 Å². The van der Waals surface area contributed by atoms with Crippen molar-refractivity contribution in [2.24, 2.45) is 0 Å². The number of esters is 1. The number of hydrogen-bond acceptors (Lipinski definition) is 7. The Kier molecular flexibility index (Phi) is 5.46. The summed E-state index contributed by atoms with van der Waals surface area (Å²) in [4.78, 5) is 27.3. The van der Waals surface area contributed by atoms with Gasteiger partial charge in [0.25, 0.3) is 0 Å². The Labute approximate surface area is 124 Å². The molecule has 0 aliphatic carbocycles. The van der Waals surface area contributed by atoms with E-state index in [4.69, 9.17) is 9.57 Å². The second-order valence-electron chi connectivity index (χ2n) is 4.93. The summed E-state index contributed by atoms with van der Waals surface area (Å²) in [5.41, 5.74) is 0.239. The molecule has 1 aromatic rings. The summed E-state index contributed by atoms with van der Waals surface area (Å²) >= 11 is 0. The number of ether oxygens (including phenoxy) is 1. The van der Waals surface area contributed by atoms with Gasteiger partial charge >= 0.3 is 5.97 Å². The molecule has 1 aliphatic rings. The molecule has 2 rings (SSSR count). The maximum absolute atomic E-state index is 11.5. The fourth-order valence-electron chi connectivity index (χ4n) is 2.41. The van der Waals surface area contributed by atoms with E-state index in [9.17, 15) is 4.79 Å². The summed E-state index contributed by atoms with van der Waals surface area (Å²) in [6.07, 6.45) is 5.10. The molecule has 21 heavy (non-hydrogen) atoms. The van der Waals surface area contributed by atoms with Gasteiger partial charge in [-0.15, -0.1) is 0 Å². The van der Waals surface area contributed by atoms with Crippen molar-refractivity contribution in [3.8, 4) is 0 Å². The van der Waals surface area contributed by atoms with Crippen LogP contribution in [0, 0.1) is 0 Å². The average Bonchev–Trinajstić information content (AvgIpc) is 2.54. The Morgan fingerprint density at radius 1 is 1.38 bits per heavy atom. The molecule has 0 spiro atoms. The van der Waals surface area contributed by atoms with Crippen LogP contribution in [0.25, 0.3) is 0 Å². The summed E-state index contributed by atoms with van der Waals surface area (Å²) in [6, 6.07) is 0.402. The van der Waals surface area contributed by atoms with Gasteiger partial charge in [-0.25, -0.2) is 14.8 Å². The van der Waals surface area contributed by atoms with E-state index in [0.29, 0.717) is 12.6 Å². The minimum Gasteiger partial charge on any atom is -0.461 e. The molecule has 116 valence electrons. The largest absolute Gasteiger partial charge is 0.461 e. The molecular formula is C14H22N4O3. The standard InChI is InChI=1S/C14H22N4O3/c1-4-21-14(19)12-9-16-13(10-15-12)17(2)11-5-7-18(20-3)8-6-11/h9-11H,4-8H2,1-3H3.